The van der Waals surface area contributed by atoms with Gasteiger partial charge in [0.2, 0.25) is 0 Å². The molecule has 18 heavy (non-hydrogen) atoms. The van der Waals surface area contributed by atoms with Crippen LogP contribution in [0.1, 0.15) is 30.9 Å². The van der Waals surface area contributed by atoms with Crippen molar-refractivity contribution in [3.05, 3.63) is 42.4 Å². The van der Waals surface area contributed by atoms with Crippen LogP contribution >= 0.6 is 0 Å². The maximum Gasteiger partial charge on any atom is 0.138 e. The van der Waals surface area contributed by atoms with Gasteiger partial charge in [-0.3, -0.25) is 4.79 Å². The lowest BCUT2D eigenvalue weighted by molar-refractivity contribution is -0.121. The quantitative estimate of drug-likeness (QED) is 0.765. The molecule has 0 N–H and O–H groups in total. The van der Waals surface area contributed by atoms with Crippen molar-refractivity contribution in [2.24, 2.45) is 5.92 Å². The summed E-state index contributed by atoms with van der Waals surface area (Å²) < 4.78 is 2.18. The van der Waals surface area contributed by atoms with E-state index in [-0.39, 0.29) is 12.0 Å². The number of imidazole rings is 1. The van der Waals surface area contributed by atoms with E-state index in [0.29, 0.717) is 5.78 Å². The molecule has 1 aromatic carbocycles. The molecule has 0 amide bonds. The predicted octanol–water partition coefficient (Wildman–Crippen LogP) is 2.82. The number of rotatable bonds is 1. The van der Waals surface area contributed by atoms with Crippen LogP contribution < -0.4 is 0 Å². The zero-order valence-corrected chi connectivity index (χ0v) is 10.0. The highest BCUT2D eigenvalue weighted by Crippen LogP contribution is 2.46. The molecule has 2 heterocycles. The zero-order valence-electron chi connectivity index (χ0n) is 10.0. The van der Waals surface area contributed by atoms with Gasteiger partial charge in [0.25, 0.3) is 0 Å². The number of Topliss-reactive ketones (excluding diaryl/α,β-unsaturated/α-hetero) is 1. The monoisotopic (exact) mass is 238 g/mol. The van der Waals surface area contributed by atoms with Crippen molar-refractivity contribution in [1.29, 1.82) is 0 Å². The molecule has 2 unspecified atom stereocenters. The number of nitrogens with zero attached hydrogens (tertiary/aromatic N) is 2. The van der Waals surface area contributed by atoms with Gasteiger partial charge in [-0.05, 0) is 18.4 Å². The van der Waals surface area contributed by atoms with Crippen molar-refractivity contribution in [2.45, 2.75) is 25.3 Å². The first-order chi connectivity index (χ1) is 8.86. The molecule has 90 valence electrons. The normalized spacial score (nSPS) is 25.2. The van der Waals surface area contributed by atoms with E-state index in [2.05, 4.69) is 33.8 Å². The molecule has 1 aliphatic carbocycles. The summed E-state index contributed by atoms with van der Waals surface area (Å²) in [4.78, 5) is 16.3. The Morgan fingerprint density at radius 3 is 3.00 bits per heavy atom. The van der Waals surface area contributed by atoms with E-state index < -0.39 is 0 Å². The summed E-state index contributed by atoms with van der Waals surface area (Å²) in [5.74, 6) is 0.554. The van der Waals surface area contributed by atoms with Gasteiger partial charge in [0, 0.05) is 17.9 Å². The van der Waals surface area contributed by atoms with Gasteiger partial charge < -0.3 is 4.57 Å². The second kappa shape index (κ2) is 3.55. The second-order valence-corrected chi connectivity index (χ2v) is 5.18. The molecule has 0 radical (unpaired) electrons. The van der Waals surface area contributed by atoms with Crippen molar-refractivity contribution in [3.8, 4) is 11.3 Å². The van der Waals surface area contributed by atoms with E-state index in [0.717, 1.165) is 25.0 Å². The average Bonchev–Trinajstić information content (AvgIpc) is 3.05. The van der Waals surface area contributed by atoms with E-state index in [9.17, 15) is 4.79 Å². The highest BCUT2D eigenvalue weighted by Gasteiger charge is 2.39. The summed E-state index contributed by atoms with van der Waals surface area (Å²) in [6.45, 7) is 0. The Morgan fingerprint density at radius 2 is 2.17 bits per heavy atom. The molecule has 4 rings (SSSR count). The van der Waals surface area contributed by atoms with E-state index in [1.165, 1.54) is 11.1 Å². The molecule has 0 saturated heterocycles. The zero-order chi connectivity index (χ0) is 12.1. The fourth-order valence-electron chi connectivity index (χ4n) is 3.46. The first-order valence-electron chi connectivity index (χ1n) is 6.50. The van der Waals surface area contributed by atoms with Crippen molar-refractivity contribution >= 4 is 5.78 Å². The van der Waals surface area contributed by atoms with Crippen LogP contribution in [0.4, 0.5) is 0 Å². The molecule has 1 fully saturated rings. The lowest BCUT2D eigenvalue weighted by atomic mass is 9.90. The molecular formula is C15H14N2O. The summed E-state index contributed by atoms with van der Waals surface area (Å²) in [7, 11) is 0. The first kappa shape index (κ1) is 10.1. The minimum atomic E-state index is 0.140. The Kier molecular flexibility index (Phi) is 1.98. The number of hydrogen-bond donors (Lipinski definition) is 0. The number of fused-ring (bicyclic) bond motifs is 3. The second-order valence-electron chi connectivity index (χ2n) is 5.18. The Bertz CT molecular complexity index is 629. The lowest BCUT2D eigenvalue weighted by Gasteiger charge is -2.20. The van der Waals surface area contributed by atoms with Crippen LogP contribution in [-0.4, -0.2) is 15.3 Å². The average molecular weight is 238 g/mol. The molecule has 3 nitrogen and oxygen atoms in total. The van der Waals surface area contributed by atoms with Gasteiger partial charge in [-0.1, -0.05) is 24.3 Å². The number of benzene rings is 1. The van der Waals surface area contributed by atoms with Gasteiger partial charge >= 0.3 is 0 Å². The number of aromatic nitrogens is 2. The van der Waals surface area contributed by atoms with Crippen LogP contribution in [-0.2, 0) is 4.79 Å². The summed E-state index contributed by atoms with van der Waals surface area (Å²) in [6.07, 6.45) is 6.55. The Hall–Kier alpha value is -1.90. The van der Waals surface area contributed by atoms with E-state index in [1.54, 1.807) is 0 Å². The highest BCUT2D eigenvalue weighted by molar-refractivity contribution is 5.85. The lowest BCUT2D eigenvalue weighted by Crippen LogP contribution is -2.20. The third-order valence-corrected chi connectivity index (χ3v) is 4.25. The maximum absolute atomic E-state index is 12.1. The van der Waals surface area contributed by atoms with Crippen LogP contribution in [0.2, 0.25) is 0 Å². The molecule has 1 aromatic heterocycles. The number of ketones is 1. The van der Waals surface area contributed by atoms with Crippen LogP contribution in [0.15, 0.2) is 36.8 Å². The third kappa shape index (κ3) is 1.19. The van der Waals surface area contributed by atoms with E-state index in [1.807, 2.05) is 12.5 Å². The van der Waals surface area contributed by atoms with Crippen LogP contribution in [0.3, 0.4) is 0 Å². The molecule has 0 spiro atoms. The summed E-state index contributed by atoms with van der Waals surface area (Å²) in [5.41, 5.74) is 3.67. The molecule has 2 aromatic rings. The van der Waals surface area contributed by atoms with Crippen molar-refractivity contribution in [1.82, 2.24) is 9.55 Å². The van der Waals surface area contributed by atoms with Crippen molar-refractivity contribution < 1.29 is 4.79 Å². The smallest absolute Gasteiger partial charge is 0.138 e. The molecule has 2 atom stereocenters. The molecule has 1 saturated carbocycles. The Morgan fingerprint density at radius 1 is 1.28 bits per heavy atom. The van der Waals surface area contributed by atoms with Gasteiger partial charge in [-0.25, -0.2) is 4.98 Å². The van der Waals surface area contributed by atoms with Gasteiger partial charge in [-0.2, -0.15) is 0 Å². The molecule has 0 bridgehead atoms. The molecule has 3 heteroatoms. The highest BCUT2D eigenvalue weighted by atomic mass is 16.1. The van der Waals surface area contributed by atoms with E-state index >= 15 is 0 Å². The Balaban J connectivity index is 1.91. The standard InChI is InChI=1S/C15H14N2O/c18-14-7-3-6-12(14)15-11-5-2-1-4-10(11)13-8-16-9-17(13)15/h1-2,4-5,8-9,12,15H,3,6-7H2. The van der Waals surface area contributed by atoms with Gasteiger partial charge in [0.05, 0.1) is 24.3 Å². The number of carbonyl (C=O) groups excluding carboxylic acids is 1. The topological polar surface area (TPSA) is 34.9 Å². The first-order valence-corrected chi connectivity index (χ1v) is 6.50. The number of hydrogen-bond acceptors (Lipinski definition) is 2. The molecule has 2 aliphatic rings. The summed E-state index contributed by atoms with van der Waals surface area (Å²) in [6, 6.07) is 8.56. The van der Waals surface area contributed by atoms with Gasteiger partial charge in [-0.15, -0.1) is 0 Å². The third-order valence-electron chi connectivity index (χ3n) is 4.25. The largest absolute Gasteiger partial charge is 0.322 e. The Labute approximate surface area is 105 Å². The fourth-order valence-corrected chi connectivity index (χ4v) is 3.46. The summed E-state index contributed by atoms with van der Waals surface area (Å²) in [5, 5.41) is 0. The minimum absolute atomic E-state index is 0.140. The SMILES string of the molecule is O=C1CCCC1C1c2ccccc2-c2cncn21. The minimum Gasteiger partial charge on any atom is -0.322 e. The van der Waals surface area contributed by atoms with Gasteiger partial charge in [0.1, 0.15) is 5.78 Å². The molecular weight excluding hydrogens is 224 g/mol. The van der Waals surface area contributed by atoms with Crippen LogP contribution in [0.5, 0.6) is 0 Å². The number of carbonyl (C=O) groups is 1. The molecule has 1 aliphatic heterocycles. The van der Waals surface area contributed by atoms with Crippen LogP contribution in [0, 0.1) is 5.92 Å². The predicted molar refractivity (Wildman–Crippen MR) is 68.2 cm³/mol. The van der Waals surface area contributed by atoms with Crippen molar-refractivity contribution in [3.63, 3.8) is 0 Å². The van der Waals surface area contributed by atoms with Crippen LogP contribution in [0.25, 0.3) is 11.3 Å². The summed E-state index contributed by atoms with van der Waals surface area (Å²) >= 11 is 0. The van der Waals surface area contributed by atoms with Gasteiger partial charge in [0.15, 0.2) is 0 Å². The van der Waals surface area contributed by atoms with Crippen molar-refractivity contribution in [2.75, 3.05) is 0 Å². The fraction of sp³-hybridized carbons (Fsp3) is 0.333. The maximum atomic E-state index is 12.1. The van der Waals surface area contributed by atoms with E-state index in [4.69, 9.17) is 0 Å².